The van der Waals surface area contributed by atoms with Crippen molar-refractivity contribution in [3.63, 3.8) is 0 Å². The predicted molar refractivity (Wildman–Crippen MR) is 100 cm³/mol. The molecule has 0 saturated carbocycles. The largest absolute Gasteiger partial charge is 0.366 e. The fraction of sp³-hybridized carbons (Fsp3) is 0.111. The van der Waals surface area contributed by atoms with Gasteiger partial charge in [-0.2, -0.15) is 0 Å². The standard InChI is InChI=1S/C18H17N5O2S/c1-12-2-8-15(9-3-12)23-11-20-22-18(23)26-10-16(24)21-14-6-4-13(5-7-14)17(19)25/h2-9,11H,10H2,1H3,(H2,19,25)(H,21,24). The number of aryl methyl sites for hydroxylation is 1. The van der Waals surface area contributed by atoms with Crippen molar-refractivity contribution in [1.82, 2.24) is 14.8 Å². The summed E-state index contributed by atoms with van der Waals surface area (Å²) in [5.74, 6) is -0.503. The van der Waals surface area contributed by atoms with Gasteiger partial charge in [-0.15, -0.1) is 10.2 Å². The Hall–Kier alpha value is -3.13. The number of nitrogens with one attached hydrogen (secondary N) is 1. The van der Waals surface area contributed by atoms with E-state index >= 15 is 0 Å². The van der Waals surface area contributed by atoms with E-state index < -0.39 is 5.91 Å². The average Bonchev–Trinajstić information content (AvgIpc) is 3.09. The highest BCUT2D eigenvalue weighted by molar-refractivity contribution is 7.99. The highest BCUT2D eigenvalue weighted by Gasteiger charge is 2.10. The third kappa shape index (κ3) is 4.28. The summed E-state index contributed by atoms with van der Waals surface area (Å²) in [6.07, 6.45) is 1.62. The van der Waals surface area contributed by atoms with E-state index in [9.17, 15) is 9.59 Å². The van der Waals surface area contributed by atoms with Crippen molar-refractivity contribution < 1.29 is 9.59 Å². The van der Waals surface area contributed by atoms with E-state index in [1.807, 2.05) is 35.8 Å². The summed E-state index contributed by atoms with van der Waals surface area (Å²) in [7, 11) is 0. The van der Waals surface area contributed by atoms with Crippen molar-refractivity contribution in [3.8, 4) is 5.69 Å². The maximum Gasteiger partial charge on any atom is 0.248 e. The fourth-order valence-corrected chi connectivity index (χ4v) is 2.98. The van der Waals surface area contributed by atoms with Crippen LogP contribution in [0.25, 0.3) is 5.69 Å². The first-order valence-electron chi connectivity index (χ1n) is 7.82. The molecule has 0 radical (unpaired) electrons. The van der Waals surface area contributed by atoms with Crippen molar-refractivity contribution in [1.29, 1.82) is 0 Å². The summed E-state index contributed by atoms with van der Waals surface area (Å²) in [4.78, 5) is 23.2. The third-order valence-corrected chi connectivity index (χ3v) is 4.56. The van der Waals surface area contributed by atoms with E-state index in [1.165, 1.54) is 11.8 Å². The molecule has 7 nitrogen and oxygen atoms in total. The van der Waals surface area contributed by atoms with Crippen molar-refractivity contribution >= 4 is 29.3 Å². The lowest BCUT2D eigenvalue weighted by molar-refractivity contribution is -0.113. The van der Waals surface area contributed by atoms with Crippen LogP contribution in [0.2, 0.25) is 0 Å². The molecule has 0 saturated heterocycles. The van der Waals surface area contributed by atoms with Crippen molar-refractivity contribution in [2.45, 2.75) is 12.1 Å². The minimum absolute atomic E-state index is 0.180. The molecular formula is C18H17N5O2S. The molecule has 8 heteroatoms. The molecule has 26 heavy (non-hydrogen) atoms. The molecule has 1 heterocycles. The molecule has 2 aromatic carbocycles. The Morgan fingerprint density at radius 2 is 1.81 bits per heavy atom. The van der Waals surface area contributed by atoms with Crippen LogP contribution >= 0.6 is 11.8 Å². The molecule has 2 amide bonds. The number of benzene rings is 2. The summed E-state index contributed by atoms with van der Waals surface area (Å²) in [5.41, 5.74) is 8.28. The van der Waals surface area contributed by atoms with E-state index in [2.05, 4.69) is 15.5 Å². The molecule has 0 bridgehead atoms. The maximum atomic E-state index is 12.1. The minimum Gasteiger partial charge on any atom is -0.366 e. The summed E-state index contributed by atoms with van der Waals surface area (Å²) in [6.45, 7) is 2.02. The lowest BCUT2D eigenvalue weighted by Gasteiger charge is -2.07. The molecule has 3 rings (SSSR count). The van der Waals surface area contributed by atoms with Gasteiger partial charge in [0.2, 0.25) is 11.8 Å². The highest BCUT2D eigenvalue weighted by Crippen LogP contribution is 2.20. The van der Waals surface area contributed by atoms with Crippen LogP contribution in [0.3, 0.4) is 0 Å². The first-order valence-corrected chi connectivity index (χ1v) is 8.81. The van der Waals surface area contributed by atoms with Crippen LogP contribution in [0, 0.1) is 6.92 Å². The van der Waals surface area contributed by atoms with Gasteiger partial charge in [-0.05, 0) is 43.3 Å². The second-order valence-electron chi connectivity index (χ2n) is 5.60. The van der Waals surface area contributed by atoms with Crippen molar-refractivity contribution in [2.24, 2.45) is 5.73 Å². The van der Waals surface area contributed by atoms with Crippen LogP contribution < -0.4 is 11.1 Å². The van der Waals surface area contributed by atoms with Gasteiger partial charge >= 0.3 is 0 Å². The molecule has 0 aliphatic carbocycles. The van der Waals surface area contributed by atoms with Crippen LogP contribution in [-0.4, -0.2) is 32.3 Å². The van der Waals surface area contributed by atoms with E-state index in [1.54, 1.807) is 30.6 Å². The number of anilines is 1. The van der Waals surface area contributed by atoms with E-state index in [0.29, 0.717) is 16.4 Å². The number of thioether (sulfide) groups is 1. The van der Waals surface area contributed by atoms with Gasteiger partial charge in [-0.25, -0.2) is 0 Å². The van der Waals surface area contributed by atoms with E-state index in [0.717, 1.165) is 11.3 Å². The molecular weight excluding hydrogens is 350 g/mol. The molecule has 0 aliphatic rings. The molecule has 132 valence electrons. The maximum absolute atomic E-state index is 12.1. The summed E-state index contributed by atoms with van der Waals surface area (Å²) in [6, 6.07) is 14.4. The number of amides is 2. The number of carbonyl (C=O) groups excluding carboxylic acids is 2. The Bertz CT molecular complexity index is 920. The van der Waals surface area contributed by atoms with Gasteiger partial charge in [-0.3, -0.25) is 14.2 Å². The smallest absolute Gasteiger partial charge is 0.248 e. The SMILES string of the molecule is Cc1ccc(-n2cnnc2SCC(=O)Nc2ccc(C(N)=O)cc2)cc1. The van der Waals surface area contributed by atoms with Crippen LogP contribution in [0.1, 0.15) is 15.9 Å². The fourth-order valence-electron chi connectivity index (χ4n) is 2.25. The number of rotatable bonds is 6. The summed E-state index contributed by atoms with van der Waals surface area (Å²) >= 11 is 1.29. The average molecular weight is 367 g/mol. The van der Waals surface area contributed by atoms with Gasteiger partial charge in [0.05, 0.1) is 5.75 Å². The second-order valence-corrected chi connectivity index (χ2v) is 6.54. The lowest BCUT2D eigenvalue weighted by atomic mass is 10.2. The Morgan fingerprint density at radius 3 is 2.46 bits per heavy atom. The topological polar surface area (TPSA) is 103 Å². The zero-order valence-electron chi connectivity index (χ0n) is 14.0. The zero-order chi connectivity index (χ0) is 18.5. The molecule has 1 aromatic heterocycles. The van der Waals surface area contributed by atoms with Crippen molar-refractivity contribution in [2.75, 3.05) is 11.1 Å². The van der Waals surface area contributed by atoms with Gasteiger partial charge in [-0.1, -0.05) is 29.5 Å². The molecule has 0 unspecified atom stereocenters. The number of carbonyl (C=O) groups is 2. The molecule has 0 aliphatic heterocycles. The number of nitrogens with zero attached hydrogens (tertiary/aromatic N) is 3. The zero-order valence-corrected chi connectivity index (χ0v) is 14.9. The monoisotopic (exact) mass is 367 g/mol. The Kier molecular flexibility index (Phi) is 5.33. The molecule has 0 fully saturated rings. The number of nitrogens with two attached hydrogens (primary N) is 1. The van der Waals surface area contributed by atoms with Gasteiger partial charge in [0.15, 0.2) is 5.16 Å². The molecule has 3 N–H and O–H groups in total. The number of primary amides is 1. The Balaban J connectivity index is 1.61. The van der Waals surface area contributed by atoms with Crippen LogP contribution in [-0.2, 0) is 4.79 Å². The highest BCUT2D eigenvalue weighted by atomic mass is 32.2. The first-order chi connectivity index (χ1) is 12.5. The molecule has 0 atom stereocenters. The van der Waals surface area contributed by atoms with Crippen molar-refractivity contribution in [3.05, 3.63) is 66.0 Å². The van der Waals surface area contributed by atoms with Gasteiger partial charge < -0.3 is 11.1 Å². The Morgan fingerprint density at radius 1 is 1.12 bits per heavy atom. The van der Waals surface area contributed by atoms with Crippen LogP contribution in [0.15, 0.2) is 60.0 Å². The molecule has 3 aromatic rings. The lowest BCUT2D eigenvalue weighted by Crippen LogP contribution is -2.15. The van der Waals surface area contributed by atoms with Gasteiger partial charge in [0.25, 0.3) is 0 Å². The molecule has 0 spiro atoms. The first kappa shape index (κ1) is 17.7. The minimum atomic E-state index is -0.506. The number of aromatic nitrogens is 3. The van der Waals surface area contributed by atoms with Crippen LogP contribution in [0.4, 0.5) is 5.69 Å². The van der Waals surface area contributed by atoms with Gasteiger partial charge in [0, 0.05) is 16.9 Å². The number of hydrogen-bond donors (Lipinski definition) is 2. The summed E-state index contributed by atoms with van der Waals surface area (Å²) in [5, 5.41) is 11.4. The van der Waals surface area contributed by atoms with Gasteiger partial charge in [0.1, 0.15) is 6.33 Å². The normalized spacial score (nSPS) is 10.5. The van der Waals surface area contributed by atoms with Crippen LogP contribution in [0.5, 0.6) is 0 Å². The quantitative estimate of drug-likeness (QED) is 0.651. The van der Waals surface area contributed by atoms with E-state index in [4.69, 9.17) is 5.73 Å². The van der Waals surface area contributed by atoms with E-state index in [-0.39, 0.29) is 11.7 Å². The Labute approximate surface area is 154 Å². The summed E-state index contributed by atoms with van der Waals surface area (Å²) < 4.78 is 1.83. The second kappa shape index (κ2) is 7.83. The predicted octanol–water partition coefficient (Wildman–Crippen LogP) is 2.41. The third-order valence-electron chi connectivity index (χ3n) is 3.61. The number of hydrogen-bond acceptors (Lipinski definition) is 5.